The van der Waals surface area contributed by atoms with E-state index in [0.29, 0.717) is 23.1 Å². The fraction of sp³-hybridized carbons (Fsp3) is 0.500. The molecule has 21 heavy (non-hydrogen) atoms. The highest BCUT2D eigenvalue weighted by atomic mass is 79.9. The number of primary sulfonamides is 1. The lowest BCUT2D eigenvalue weighted by Gasteiger charge is -2.37. The van der Waals surface area contributed by atoms with E-state index in [9.17, 15) is 13.2 Å². The zero-order chi connectivity index (χ0) is 15.8. The Balaban J connectivity index is 2.25. The number of hydrogen-bond donors (Lipinski definition) is 1. The van der Waals surface area contributed by atoms with Crippen molar-refractivity contribution < 1.29 is 13.2 Å². The van der Waals surface area contributed by atoms with Gasteiger partial charge in [0, 0.05) is 23.1 Å². The van der Waals surface area contributed by atoms with E-state index in [4.69, 9.17) is 5.14 Å². The quantitative estimate of drug-likeness (QED) is 0.862. The number of nitrogens with zero attached hydrogens (tertiary/aromatic N) is 1. The first kappa shape index (κ1) is 16.5. The van der Waals surface area contributed by atoms with Gasteiger partial charge in [0.15, 0.2) is 0 Å². The zero-order valence-corrected chi connectivity index (χ0v) is 14.5. The molecule has 1 aliphatic heterocycles. The SMILES string of the molecule is CC1(C)CCN(C(=O)c2ccc(Br)c(S(N)(=O)=O)c2)CC1. The van der Waals surface area contributed by atoms with Crippen LogP contribution in [0.1, 0.15) is 37.0 Å². The lowest BCUT2D eigenvalue weighted by Crippen LogP contribution is -2.41. The summed E-state index contributed by atoms with van der Waals surface area (Å²) in [6.45, 7) is 5.75. The maximum atomic E-state index is 12.5. The standard InChI is InChI=1S/C14H19BrN2O3S/c1-14(2)5-7-17(8-6-14)13(18)10-3-4-11(15)12(9-10)21(16,19)20/h3-4,9H,5-8H2,1-2H3,(H2,16,19,20). The number of benzene rings is 1. The number of rotatable bonds is 2. The second-order valence-corrected chi connectivity index (χ2v) is 8.53. The Labute approximate surface area is 133 Å². The highest BCUT2D eigenvalue weighted by Crippen LogP contribution is 2.31. The van der Waals surface area contributed by atoms with Crippen molar-refractivity contribution in [2.45, 2.75) is 31.6 Å². The Morgan fingerprint density at radius 2 is 1.86 bits per heavy atom. The van der Waals surface area contributed by atoms with Crippen LogP contribution in [0.25, 0.3) is 0 Å². The van der Waals surface area contributed by atoms with E-state index in [1.54, 1.807) is 17.0 Å². The van der Waals surface area contributed by atoms with Gasteiger partial charge in [-0.15, -0.1) is 0 Å². The van der Waals surface area contributed by atoms with Crippen LogP contribution in [-0.2, 0) is 10.0 Å². The molecule has 5 nitrogen and oxygen atoms in total. The summed E-state index contributed by atoms with van der Waals surface area (Å²) in [4.78, 5) is 14.2. The van der Waals surface area contributed by atoms with Crippen molar-refractivity contribution in [2.24, 2.45) is 10.6 Å². The minimum Gasteiger partial charge on any atom is -0.339 e. The molecule has 116 valence electrons. The van der Waals surface area contributed by atoms with E-state index in [1.807, 2.05) is 0 Å². The van der Waals surface area contributed by atoms with Crippen LogP contribution in [0.2, 0.25) is 0 Å². The first-order chi connectivity index (χ1) is 9.60. The molecule has 0 spiro atoms. The Morgan fingerprint density at radius 3 is 2.38 bits per heavy atom. The molecule has 7 heteroatoms. The average molecular weight is 375 g/mol. The number of amides is 1. The molecule has 0 unspecified atom stereocenters. The summed E-state index contributed by atoms with van der Waals surface area (Å²) < 4.78 is 23.4. The number of sulfonamides is 1. The third kappa shape index (κ3) is 3.84. The second-order valence-electron chi connectivity index (χ2n) is 6.15. The predicted molar refractivity (Wildman–Crippen MR) is 84.4 cm³/mol. The lowest BCUT2D eigenvalue weighted by molar-refractivity contribution is 0.0630. The van der Waals surface area contributed by atoms with Crippen LogP contribution in [0.3, 0.4) is 0 Å². The molecule has 1 amide bonds. The Morgan fingerprint density at radius 1 is 1.29 bits per heavy atom. The van der Waals surface area contributed by atoms with Crippen LogP contribution in [0.15, 0.2) is 27.6 Å². The number of carbonyl (C=O) groups is 1. The van der Waals surface area contributed by atoms with E-state index in [2.05, 4.69) is 29.8 Å². The molecular weight excluding hydrogens is 356 g/mol. The van der Waals surface area contributed by atoms with E-state index in [-0.39, 0.29) is 16.2 Å². The first-order valence-electron chi connectivity index (χ1n) is 6.72. The van der Waals surface area contributed by atoms with Crippen molar-refractivity contribution in [3.05, 3.63) is 28.2 Å². The van der Waals surface area contributed by atoms with E-state index in [0.717, 1.165) is 12.8 Å². The van der Waals surface area contributed by atoms with Crippen molar-refractivity contribution in [1.29, 1.82) is 0 Å². The summed E-state index contributed by atoms with van der Waals surface area (Å²) in [6, 6.07) is 4.49. The fourth-order valence-corrected chi connectivity index (χ4v) is 3.91. The Hall–Kier alpha value is -0.920. The number of hydrogen-bond acceptors (Lipinski definition) is 3. The van der Waals surface area contributed by atoms with Gasteiger partial charge in [-0.3, -0.25) is 4.79 Å². The van der Waals surface area contributed by atoms with Gasteiger partial charge >= 0.3 is 0 Å². The first-order valence-corrected chi connectivity index (χ1v) is 9.06. The summed E-state index contributed by atoms with van der Waals surface area (Å²) >= 11 is 3.14. The molecule has 1 aromatic carbocycles. The summed E-state index contributed by atoms with van der Waals surface area (Å²) in [7, 11) is -3.86. The van der Waals surface area contributed by atoms with Crippen LogP contribution in [-0.4, -0.2) is 32.3 Å². The van der Waals surface area contributed by atoms with Crippen LogP contribution >= 0.6 is 15.9 Å². The van der Waals surface area contributed by atoms with E-state index >= 15 is 0 Å². The van der Waals surface area contributed by atoms with E-state index < -0.39 is 10.0 Å². The largest absolute Gasteiger partial charge is 0.339 e. The van der Waals surface area contributed by atoms with Gasteiger partial charge in [0.05, 0.1) is 4.90 Å². The van der Waals surface area contributed by atoms with Gasteiger partial charge in [0.25, 0.3) is 5.91 Å². The minimum absolute atomic E-state index is 0.0642. The smallest absolute Gasteiger partial charge is 0.253 e. The predicted octanol–water partition coefficient (Wildman–Crippen LogP) is 2.36. The van der Waals surface area contributed by atoms with Gasteiger partial charge in [-0.1, -0.05) is 13.8 Å². The number of nitrogens with two attached hydrogens (primary N) is 1. The molecule has 2 N–H and O–H groups in total. The minimum atomic E-state index is -3.86. The second kappa shape index (κ2) is 5.70. The molecule has 1 fully saturated rings. The van der Waals surface area contributed by atoms with Crippen LogP contribution in [0, 0.1) is 5.41 Å². The van der Waals surface area contributed by atoms with Gasteiger partial charge in [0.2, 0.25) is 10.0 Å². The molecular formula is C14H19BrN2O3S. The molecule has 0 bridgehead atoms. The van der Waals surface area contributed by atoms with Crippen LogP contribution < -0.4 is 5.14 Å². The summed E-state index contributed by atoms with van der Waals surface area (Å²) in [5.74, 6) is -0.150. The van der Waals surface area contributed by atoms with Crippen LogP contribution in [0.4, 0.5) is 0 Å². The topological polar surface area (TPSA) is 80.5 Å². The number of carbonyl (C=O) groups excluding carboxylic acids is 1. The van der Waals surface area contributed by atoms with Crippen molar-refractivity contribution in [3.8, 4) is 0 Å². The molecule has 0 aromatic heterocycles. The summed E-state index contributed by atoms with van der Waals surface area (Å²) in [6.07, 6.45) is 1.88. The average Bonchev–Trinajstić information content (AvgIpc) is 2.37. The van der Waals surface area contributed by atoms with Gasteiger partial charge in [-0.05, 0) is 52.4 Å². The van der Waals surface area contributed by atoms with Crippen molar-refractivity contribution in [2.75, 3.05) is 13.1 Å². The van der Waals surface area contributed by atoms with Crippen LogP contribution in [0.5, 0.6) is 0 Å². The van der Waals surface area contributed by atoms with Crippen molar-refractivity contribution in [3.63, 3.8) is 0 Å². The maximum Gasteiger partial charge on any atom is 0.253 e. The van der Waals surface area contributed by atoms with Crippen molar-refractivity contribution >= 4 is 31.9 Å². The van der Waals surface area contributed by atoms with Gasteiger partial charge in [0.1, 0.15) is 0 Å². The number of halogens is 1. The highest BCUT2D eigenvalue weighted by Gasteiger charge is 2.28. The highest BCUT2D eigenvalue weighted by molar-refractivity contribution is 9.10. The lowest BCUT2D eigenvalue weighted by atomic mass is 9.82. The third-order valence-corrected chi connectivity index (χ3v) is 5.79. The molecule has 0 aliphatic carbocycles. The third-order valence-electron chi connectivity index (χ3n) is 3.89. The molecule has 2 rings (SSSR count). The van der Waals surface area contributed by atoms with Gasteiger partial charge < -0.3 is 4.90 Å². The molecule has 0 radical (unpaired) electrons. The molecule has 1 aliphatic rings. The van der Waals surface area contributed by atoms with E-state index in [1.165, 1.54) is 6.07 Å². The molecule has 1 saturated heterocycles. The summed E-state index contributed by atoms with van der Waals surface area (Å²) in [5, 5.41) is 5.16. The zero-order valence-electron chi connectivity index (χ0n) is 12.1. The van der Waals surface area contributed by atoms with Crippen molar-refractivity contribution in [1.82, 2.24) is 4.90 Å². The maximum absolute atomic E-state index is 12.5. The van der Waals surface area contributed by atoms with Gasteiger partial charge in [-0.2, -0.15) is 0 Å². The normalized spacial score (nSPS) is 18.6. The summed E-state index contributed by atoms with van der Waals surface area (Å²) in [5.41, 5.74) is 0.601. The van der Waals surface area contributed by atoms with Gasteiger partial charge in [-0.25, -0.2) is 13.6 Å². The Kier molecular flexibility index (Phi) is 4.46. The molecule has 1 heterocycles. The number of piperidine rings is 1. The fourth-order valence-electron chi connectivity index (χ4n) is 2.35. The Bertz CT molecular complexity index is 661. The number of likely N-dealkylation sites (tertiary alicyclic amines) is 1. The molecule has 1 aromatic rings. The monoisotopic (exact) mass is 374 g/mol. The molecule has 0 saturated carbocycles. The molecule has 0 atom stereocenters.